The molecule has 2 aromatic rings. The summed E-state index contributed by atoms with van der Waals surface area (Å²) in [6.07, 6.45) is -0.588. The van der Waals surface area contributed by atoms with Gasteiger partial charge >= 0.3 is 0 Å². The van der Waals surface area contributed by atoms with E-state index in [-0.39, 0.29) is 5.82 Å². The standard InChI is InChI=1S/C20H28FNO3/c1-15(2)13-24-14-19(23)11-22(12-20-9-4-16(3)25-20)10-17-5-7-18(21)8-6-17/h4-9,15,19,23H,10-14H2,1-3H3/t19-/m1/s1. The van der Waals surface area contributed by atoms with Crippen molar-refractivity contribution in [3.05, 3.63) is 59.3 Å². The first kappa shape index (κ1) is 19.6. The van der Waals surface area contributed by atoms with Crippen molar-refractivity contribution in [2.45, 2.75) is 40.0 Å². The van der Waals surface area contributed by atoms with Crippen molar-refractivity contribution in [2.24, 2.45) is 5.92 Å². The van der Waals surface area contributed by atoms with Crippen LogP contribution in [0.2, 0.25) is 0 Å². The summed E-state index contributed by atoms with van der Waals surface area (Å²) in [4.78, 5) is 2.08. The predicted molar refractivity (Wildman–Crippen MR) is 95.6 cm³/mol. The molecule has 0 fully saturated rings. The van der Waals surface area contributed by atoms with Crippen molar-refractivity contribution in [1.29, 1.82) is 0 Å². The second-order valence-electron chi connectivity index (χ2n) is 6.89. The molecule has 0 aliphatic rings. The van der Waals surface area contributed by atoms with Crippen molar-refractivity contribution >= 4 is 0 Å². The van der Waals surface area contributed by atoms with Gasteiger partial charge in [0.15, 0.2) is 0 Å². The van der Waals surface area contributed by atoms with Crippen molar-refractivity contribution in [3.8, 4) is 0 Å². The number of furan rings is 1. The lowest BCUT2D eigenvalue weighted by Gasteiger charge is -2.24. The number of aliphatic hydroxyl groups is 1. The molecular formula is C20H28FNO3. The topological polar surface area (TPSA) is 45.8 Å². The van der Waals surface area contributed by atoms with Gasteiger partial charge in [-0.1, -0.05) is 26.0 Å². The summed E-state index contributed by atoms with van der Waals surface area (Å²) in [6, 6.07) is 10.3. The van der Waals surface area contributed by atoms with Gasteiger partial charge in [-0.15, -0.1) is 0 Å². The van der Waals surface area contributed by atoms with Crippen LogP contribution in [0.5, 0.6) is 0 Å². The fourth-order valence-electron chi connectivity index (χ4n) is 2.61. The molecule has 25 heavy (non-hydrogen) atoms. The summed E-state index contributed by atoms with van der Waals surface area (Å²) in [6.45, 7) is 8.62. The van der Waals surface area contributed by atoms with Gasteiger partial charge in [0.25, 0.3) is 0 Å². The number of hydrogen-bond acceptors (Lipinski definition) is 4. The first-order valence-electron chi connectivity index (χ1n) is 8.70. The number of hydrogen-bond donors (Lipinski definition) is 1. The molecule has 1 aromatic carbocycles. The van der Waals surface area contributed by atoms with E-state index >= 15 is 0 Å². The third kappa shape index (κ3) is 7.38. The molecule has 138 valence electrons. The van der Waals surface area contributed by atoms with Gasteiger partial charge in [-0.25, -0.2) is 4.39 Å². The Bertz CT molecular complexity index is 624. The van der Waals surface area contributed by atoms with E-state index in [1.807, 2.05) is 19.1 Å². The summed E-state index contributed by atoms with van der Waals surface area (Å²) in [7, 11) is 0. The zero-order valence-electron chi connectivity index (χ0n) is 15.2. The molecular weight excluding hydrogens is 321 g/mol. The van der Waals surface area contributed by atoms with E-state index in [9.17, 15) is 9.50 Å². The average Bonchev–Trinajstić information content (AvgIpc) is 2.94. The van der Waals surface area contributed by atoms with Crippen LogP contribution in [0, 0.1) is 18.7 Å². The van der Waals surface area contributed by atoms with E-state index in [0.717, 1.165) is 17.1 Å². The minimum atomic E-state index is -0.588. The molecule has 1 N–H and O–H groups in total. The lowest BCUT2D eigenvalue weighted by molar-refractivity contribution is 0.00457. The van der Waals surface area contributed by atoms with Gasteiger partial charge in [0.2, 0.25) is 0 Å². The van der Waals surface area contributed by atoms with Gasteiger partial charge in [-0.05, 0) is 42.7 Å². The molecule has 0 saturated carbocycles. The monoisotopic (exact) mass is 349 g/mol. The lowest BCUT2D eigenvalue weighted by atomic mass is 10.2. The number of aliphatic hydroxyl groups excluding tert-OH is 1. The van der Waals surface area contributed by atoms with E-state index < -0.39 is 6.10 Å². The van der Waals surface area contributed by atoms with Crippen LogP contribution in [0.1, 0.15) is 30.9 Å². The highest BCUT2D eigenvalue weighted by atomic mass is 19.1. The maximum absolute atomic E-state index is 13.1. The molecule has 0 saturated heterocycles. The van der Waals surface area contributed by atoms with E-state index in [4.69, 9.17) is 9.15 Å². The molecule has 0 unspecified atom stereocenters. The molecule has 0 aliphatic carbocycles. The van der Waals surface area contributed by atoms with Crippen LogP contribution in [0.15, 0.2) is 40.8 Å². The fourth-order valence-corrected chi connectivity index (χ4v) is 2.61. The van der Waals surface area contributed by atoms with Crippen molar-refractivity contribution in [3.63, 3.8) is 0 Å². The van der Waals surface area contributed by atoms with Gasteiger partial charge in [0, 0.05) is 19.7 Å². The Morgan fingerprint density at radius 1 is 1.08 bits per heavy atom. The van der Waals surface area contributed by atoms with Crippen LogP contribution >= 0.6 is 0 Å². The Labute approximate surface area is 149 Å². The minimum absolute atomic E-state index is 0.251. The maximum Gasteiger partial charge on any atom is 0.123 e. The highest BCUT2D eigenvalue weighted by Gasteiger charge is 2.15. The second-order valence-corrected chi connectivity index (χ2v) is 6.89. The van der Waals surface area contributed by atoms with Crippen LogP contribution in [-0.2, 0) is 17.8 Å². The third-order valence-electron chi connectivity index (χ3n) is 3.73. The normalized spacial score (nSPS) is 12.9. The maximum atomic E-state index is 13.1. The van der Waals surface area contributed by atoms with Gasteiger partial charge in [-0.3, -0.25) is 4.90 Å². The summed E-state index contributed by atoms with van der Waals surface area (Å²) < 4.78 is 24.3. The van der Waals surface area contributed by atoms with Gasteiger partial charge in [0.1, 0.15) is 17.3 Å². The van der Waals surface area contributed by atoms with Crippen molar-refractivity contribution in [2.75, 3.05) is 19.8 Å². The molecule has 4 nitrogen and oxygen atoms in total. The number of nitrogens with zero attached hydrogens (tertiary/aromatic N) is 1. The molecule has 2 rings (SSSR count). The first-order valence-corrected chi connectivity index (χ1v) is 8.70. The summed E-state index contributed by atoms with van der Waals surface area (Å²) in [5.41, 5.74) is 0.986. The molecule has 0 radical (unpaired) electrons. The summed E-state index contributed by atoms with van der Waals surface area (Å²) >= 11 is 0. The largest absolute Gasteiger partial charge is 0.465 e. The number of halogens is 1. The Kier molecular flexibility index (Phi) is 7.62. The fraction of sp³-hybridized carbons (Fsp3) is 0.500. The van der Waals surface area contributed by atoms with Crippen LogP contribution < -0.4 is 0 Å². The molecule has 0 amide bonds. The summed E-state index contributed by atoms with van der Waals surface area (Å²) in [5, 5.41) is 10.3. The Balaban J connectivity index is 1.96. The van der Waals surface area contributed by atoms with Crippen molar-refractivity contribution in [1.82, 2.24) is 4.90 Å². The highest BCUT2D eigenvalue weighted by molar-refractivity contribution is 5.16. The van der Waals surface area contributed by atoms with E-state index in [0.29, 0.717) is 38.8 Å². The van der Waals surface area contributed by atoms with Crippen LogP contribution in [-0.4, -0.2) is 35.9 Å². The van der Waals surface area contributed by atoms with E-state index in [1.165, 1.54) is 12.1 Å². The Morgan fingerprint density at radius 3 is 2.40 bits per heavy atom. The molecule has 1 heterocycles. The van der Waals surface area contributed by atoms with Gasteiger partial charge in [0.05, 0.1) is 19.3 Å². The minimum Gasteiger partial charge on any atom is -0.465 e. The molecule has 5 heteroatoms. The molecule has 0 spiro atoms. The predicted octanol–water partition coefficient (Wildman–Crippen LogP) is 3.76. The Hall–Kier alpha value is -1.69. The number of aryl methyl sites for hydroxylation is 1. The van der Waals surface area contributed by atoms with Gasteiger partial charge in [-0.2, -0.15) is 0 Å². The molecule has 1 atom stereocenters. The number of rotatable bonds is 10. The van der Waals surface area contributed by atoms with E-state index in [2.05, 4.69) is 18.7 Å². The number of ether oxygens (including phenoxy) is 1. The lowest BCUT2D eigenvalue weighted by Crippen LogP contribution is -2.34. The highest BCUT2D eigenvalue weighted by Crippen LogP contribution is 2.14. The van der Waals surface area contributed by atoms with Crippen LogP contribution in [0.4, 0.5) is 4.39 Å². The number of benzene rings is 1. The zero-order chi connectivity index (χ0) is 18.2. The molecule has 1 aromatic heterocycles. The zero-order valence-corrected chi connectivity index (χ0v) is 15.2. The molecule has 0 aliphatic heterocycles. The second kappa shape index (κ2) is 9.70. The van der Waals surface area contributed by atoms with Crippen LogP contribution in [0.3, 0.4) is 0 Å². The quantitative estimate of drug-likeness (QED) is 0.709. The SMILES string of the molecule is Cc1ccc(CN(Cc2ccc(F)cc2)C[C@@H](O)COCC(C)C)o1. The average molecular weight is 349 g/mol. The first-order chi connectivity index (χ1) is 11.9. The smallest absolute Gasteiger partial charge is 0.123 e. The van der Waals surface area contributed by atoms with Gasteiger partial charge < -0.3 is 14.3 Å². The summed E-state index contributed by atoms with van der Waals surface area (Å²) in [5.74, 6) is 1.89. The third-order valence-corrected chi connectivity index (χ3v) is 3.73. The van der Waals surface area contributed by atoms with Crippen LogP contribution in [0.25, 0.3) is 0 Å². The Morgan fingerprint density at radius 2 is 1.80 bits per heavy atom. The van der Waals surface area contributed by atoms with E-state index in [1.54, 1.807) is 12.1 Å². The van der Waals surface area contributed by atoms with Crippen molar-refractivity contribution < 1.29 is 18.7 Å². The molecule has 0 bridgehead atoms.